The van der Waals surface area contributed by atoms with Gasteiger partial charge in [-0.15, -0.1) is 0 Å². The van der Waals surface area contributed by atoms with Crippen molar-refractivity contribution in [2.75, 3.05) is 18.5 Å². The molecule has 0 spiro atoms. The van der Waals surface area contributed by atoms with E-state index in [4.69, 9.17) is 4.42 Å². The number of anilines is 2. The van der Waals surface area contributed by atoms with Gasteiger partial charge in [0.1, 0.15) is 6.26 Å². The van der Waals surface area contributed by atoms with Gasteiger partial charge in [0.2, 0.25) is 0 Å². The fourth-order valence-corrected chi connectivity index (χ4v) is 1.97. The maximum Gasteiger partial charge on any atom is 0.301 e. The lowest BCUT2D eigenvalue weighted by Crippen LogP contribution is -2.15. The van der Waals surface area contributed by atoms with E-state index in [1.807, 2.05) is 24.1 Å². The Kier molecular flexibility index (Phi) is 4.58. The zero-order chi connectivity index (χ0) is 13.7. The van der Waals surface area contributed by atoms with Gasteiger partial charge in [0.25, 0.3) is 0 Å². The van der Waals surface area contributed by atoms with E-state index < -0.39 is 0 Å². The highest BCUT2D eigenvalue weighted by atomic mass is 16.4. The molecule has 0 aliphatic carbocycles. The van der Waals surface area contributed by atoms with Gasteiger partial charge < -0.3 is 9.73 Å². The molecule has 19 heavy (non-hydrogen) atoms. The quantitative estimate of drug-likeness (QED) is 0.808. The minimum atomic E-state index is 0.627. The van der Waals surface area contributed by atoms with E-state index in [0.717, 1.165) is 30.9 Å². The fourth-order valence-electron chi connectivity index (χ4n) is 1.97. The second-order valence-corrected chi connectivity index (χ2v) is 4.64. The molecule has 1 heterocycles. The van der Waals surface area contributed by atoms with Gasteiger partial charge in [-0.1, -0.05) is 25.1 Å². The summed E-state index contributed by atoms with van der Waals surface area (Å²) in [5.74, 6) is 0. The molecule has 0 saturated heterocycles. The number of para-hydroxylation sites is 1. The highest BCUT2D eigenvalue weighted by molar-refractivity contribution is 5.59. The number of benzene rings is 1. The Morgan fingerprint density at radius 3 is 2.84 bits per heavy atom. The van der Waals surface area contributed by atoms with Crippen LogP contribution in [0.25, 0.3) is 0 Å². The van der Waals surface area contributed by atoms with E-state index in [0.29, 0.717) is 6.01 Å². The molecule has 102 valence electrons. The number of aromatic nitrogens is 1. The van der Waals surface area contributed by atoms with Crippen molar-refractivity contribution in [2.24, 2.45) is 0 Å². The largest absolute Gasteiger partial charge is 0.431 e. The van der Waals surface area contributed by atoms with Crippen LogP contribution < -0.4 is 10.2 Å². The number of rotatable bonds is 6. The third-order valence-electron chi connectivity index (χ3n) is 3.04. The Labute approximate surface area is 114 Å². The predicted octanol–water partition coefficient (Wildman–Crippen LogP) is 3.25. The molecule has 2 rings (SSSR count). The number of nitrogens with zero attached hydrogens (tertiary/aromatic N) is 2. The first-order valence-electron chi connectivity index (χ1n) is 6.67. The number of nitrogens with one attached hydrogen (secondary N) is 1. The molecule has 0 aliphatic rings. The molecule has 0 radical (unpaired) electrons. The predicted molar refractivity (Wildman–Crippen MR) is 77.7 cm³/mol. The molecule has 0 aliphatic heterocycles. The van der Waals surface area contributed by atoms with Gasteiger partial charge in [-0.25, -0.2) is 0 Å². The van der Waals surface area contributed by atoms with Crippen molar-refractivity contribution in [2.45, 2.75) is 26.8 Å². The first kappa shape index (κ1) is 13.6. The van der Waals surface area contributed by atoms with Crippen LogP contribution in [0.5, 0.6) is 0 Å². The molecule has 0 fully saturated rings. The molecular formula is C15H21N3O. The second kappa shape index (κ2) is 6.38. The van der Waals surface area contributed by atoms with Crippen LogP contribution in [0.4, 0.5) is 11.7 Å². The van der Waals surface area contributed by atoms with E-state index >= 15 is 0 Å². The zero-order valence-electron chi connectivity index (χ0n) is 11.8. The van der Waals surface area contributed by atoms with Crippen molar-refractivity contribution >= 4 is 11.7 Å². The number of hydrogen-bond acceptors (Lipinski definition) is 4. The normalized spacial score (nSPS) is 10.7. The van der Waals surface area contributed by atoms with Crippen molar-refractivity contribution in [3.8, 4) is 0 Å². The van der Waals surface area contributed by atoms with Gasteiger partial charge in [0.15, 0.2) is 0 Å². The third kappa shape index (κ3) is 3.35. The molecule has 1 aromatic carbocycles. The Bertz CT molecular complexity index is 522. The average molecular weight is 259 g/mol. The monoisotopic (exact) mass is 259 g/mol. The standard InChI is InChI=1S/C15H21N3O/c1-4-9-16-10-13-11-19-15(17-13)18(3)14-8-6-5-7-12(14)2/h5-8,11,16H,4,9-10H2,1-3H3. The van der Waals surface area contributed by atoms with Crippen LogP contribution in [0, 0.1) is 6.92 Å². The molecule has 1 aromatic heterocycles. The van der Waals surface area contributed by atoms with Crippen LogP contribution in [0.1, 0.15) is 24.6 Å². The van der Waals surface area contributed by atoms with Gasteiger partial charge in [-0.3, -0.25) is 4.90 Å². The molecule has 0 amide bonds. The van der Waals surface area contributed by atoms with Crippen molar-refractivity contribution in [1.82, 2.24) is 10.3 Å². The minimum absolute atomic E-state index is 0.627. The highest BCUT2D eigenvalue weighted by Gasteiger charge is 2.12. The van der Waals surface area contributed by atoms with Crippen molar-refractivity contribution in [3.05, 3.63) is 41.8 Å². The molecule has 4 heteroatoms. The third-order valence-corrected chi connectivity index (χ3v) is 3.04. The Balaban J connectivity index is 2.08. The molecule has 2 aromatic rings. The smallest absolute Gasteiger partial charge is 0.301 e. The van der Waals surface area contributed by atoms with E-state index in [1.165, 1.54) is 5.56 Å². The SMILES string of the molecule is CCCNCc1coc(N(C)c2ccccc2C)n1. The van der Waals surface area contributed by atoms with Crippen molar-refractivity contribution in [3.63, 3.8) is 0 Å². The highest BCUT2D eigenvalue weighted by Crippen LogP contribution is 2.25. The van der Waals surface area contributed by atoms with Gasteiger partial charge in [-0.2, -0.15) is 4.98 Å². The maximum absolute atomic E-state index is 5.54. The van der Waals surface area contributed by atoms with Gasteiger partial charge in [0.05, 0.1) is 5.69 Å². The number of aryl methyl sites for hydroxylation is 1. The Hall–Kier alpha value is -1.81. The van der Waals surface area contributed by atoms with Crippen LogP contribution in [0.2, 0.25) is 0 Å². The number of oxazole rings is 1. The topological polar surface area (TPSA) is 41.3 Å². The van der Waals surface area contributed by atoms with E-state index in [1.54, 1.807) is 6.26 Å². The summed E-state index contributed by atoms with van der Waals surface area (Å²) < 4.78 is 5.54. The maximum atomic E-state index is 5.54. The molecule has 4 nitrogen and oxygen atoms in total. The summed E-state index contributed by atoms with van der Waals surface area (Å²) in [4.78, 5) is 6.47. The summed E-state index contributed by atoms with van der Waals surface area (Å²) in [5, 5.41) is 3.31. The Morgan fingerprint density at radius 1 is 1.32 bits per heavy atom. The summed E-state index contributed by atoms with van der Waals surface area (Å²) in [7, 11) is 1.97. The molecule has 0 bridgehead atoms. The molecule has 0 saturated carbocycles. The van der Waals surface area contributed by atoms with Crippen LogP contribution >= 0.6 is 0 Å². The molecule has 0 atom stereocenters. The number of hydrogen-bond donors (Lipinski definition) is 1. The van der Waals surface area contributed by atoms with Crippen LogP contribution in [-0.2, 0) is 6.54 Å². The lowest BCUT2D eigenvalue weighted by Gasteiger charge is -2.16. The van der Waals surface area contributed by atoms with Crippen molar-refractivity contribution < 1.29 is 4.42 Å². The zero-order valence-corrected chi connectivity index (χ0v) is 11.8. The van der Waals surface area contributed by atoms with Crippen LogP contribution in [-0.4, -0.2) is 18.6 Å². The molecular weight excluding hydrogens is 238 g/mol. The van der Waals surface area contributed by atoms with E-state index in [-0.39, 0.29) is 0 Å². The first-order valence-corrected chi connectivity index (χ1v) is 6.67. The summed E-state index contributed by atoms with van der Waals surface area (Å²) in [6, 6.07) is 8.82. The van der Waals surface area contributed by atoms with Crippen molar-refractivity contribution in [1.29, 1.82) is 0 Å². The lowest BCUT2D eigenvalue weighted by atomic mass is 10.2. The summed E-state index contributed by atoms with van der Waals surface area (Å²) in [5.41, 5.74) is 3.25. The summed E-state index contributed by atoms with van der Waals surface area (Å²) in [6.45, 7) is 5.97. The van der Waals surface area contributed by atoms with Gasteiger partial charge >= 0.3 is 6.01 Å². The van der Waals surface area contributed by atoms with E-state index in [9.17, 15) is 0 Å². The summed E-state index contributed by atoms with van der Waals surface area (Å²) >= 11 is 0. The minimum Gasteiger partial charge on any atom is -0.431 e. The molecule has 1 N–H and O–H groups in total. The fraction of sp³-hybridized carbons (Fsp3) is 0.400. The van der Waals surface area contributed by atoms with Gasteiger partial charge in [0, 0.05) is 19.3 Å². The summed E-state index contributed by atoms with van der Waals surface area (Å²) in [6.07, 6.45) is 2.83. The molecule has 0 unspecified atom stereocenters. The first-order chi connectivity index (χ1) is 9.22. The van der Waals surface area contributed by atoms with Gasteiger partial charge in [-0.05, 0) is 31.5 Å². The Morgan fingerprint density at radius 2 is 2.11 bits per heavy atom. The second-order valence-electron chi connectivity index (χ2n) is 4.64. The van der Waals surface area contributed by atoms with Crippen LogP contribution in [0.15, 0.2) is 34.9 Å². The van der Waals surface area contributed by atoms with E-state index in [2.05, 4.69) is 36.3 Å². The average Bonchev–Trinajstić information content (AvgIpc) is 2.88. The van der Waals surface area contributed by atoms with Crippen LogP contribution in [0.3, 0.4) is 0 Å². The lowest BCUT2D eigenvalue weighted by molar-refractivity contribution is 0.557.